The molecule has 1 unspecified atom stereocenters. The highest BCUT2D eigenvalue weighted by molar-refractivity contribution is 7.10. The third-order valence-corrected chi connectivity index (χ3v) is 6.66. The van der Waals surface area contributed by atoms with Crippen LogP contribution >= 0.6 is 11.3 Å². The van der Waals surface area contributed by atoms with Crippen molar-refractivity contribution in [2.45, 2.75) is 56.8 Å². The molecule has 3 heterocycles. The molecular weight excluding hydrogens is 346 g/mol. The molecule has 4 rings (SSSR count). The summed E-state index contributed by atoms with van der Waals surface area (Å²) in [4.78, 5) is 20.6. The van der Waals surface area contributed by atoms with Crippen LogP contribution in [0.15, 0.2) is 17.5 Å². The molecule has 26 heavy (non-hydrogen) atoms. The van der Waals surface area contributed by atoms with E-state index in [-0.39, 0.29) is 17.4 Å². The highest BCUT2D eigenvalue weighted by atomic mass is 32.1. The lowest BCUT2D eigenvalue weighted by Crippen LogP contribution is -2.48. The van der Waals surface area contributed by atoms with Crippen molar-refractivity contribution in [1.82, 2.24) is 25.4 Å². The predicted octanol–water partition coefficient (Wildman–Crippen LogP) is 3.61. The molecule has 2 fully saturated rings. The van der Waals surface area contributed by atoms with Crippen molar-refractivity contribution in [1.29, 1.82) is 0 Å². The second-order valence-electron chi connectivity index (χ2n) is 8.16. The summed E-state index contributed by atoms with van der Waals surface area (Å²) < 4.78 is 0. The van der Waals surface area contributed by atoms with E-state index in [1.807, 2.05) is 4.90 Å². The van der Waals surface area contributed by atoms with E-state index < -0.39 is 0 Å². The summed E-state index contributed by atoms with van der Waals surface area (Å²) in [7, 11) is 0. The van der Waals surface area contributed by atoms with Crippen LogP contribution in [0.4, 0.5) is 4.79 Å². The van der Waals surface area contributed by atoms with Gasteiger partial charge < -0.3 is 10.2 Å². The van der Waals surface area contributed by atoms with Crippen molar-refractivity contribution in [3.63, 3.8) is 0 Å². The molecule has 6 nitrogen and oxygen atoms in total. The van der Waals surface area contributed by atoms with Gasteiger partial charge >= 0.3 is 6.03 Å². The number of urea groups is 1. The maximum absolute atomic E-state index is 12.7. The minimum atomic E-state index is -0.0536. The smallest absolute Gasteiger partial charge is 0.317 e. The van der Waals surface area contributed by atoms with E-state index in [2.05, 4.69) is 51.9 Å². The Morgan fingerprint density at radius 2 is 2.23 bits per heavy atom. The topological polar surface area (TPSA) is 73.9 Å². The monoisotopic (exact) mass is 373 g/mol. The van der Waals surface area contributed by atoms with Gasteiger partial charge in [-0.2, -0.15) is 5.10 Å². The number of nitrogens with one attached hydrogen (secondary N) is 2. The number of piperidine rings is 1. The van der Waals surface area contributed by atoms with Crippen molar-refractivity contribution in [3.05, 3.63) is 34.0 Å². The summed E-state index contributed by atoms with van der Waals surface area (Å²) in [6.07, 6.45) is 4.48. The summed E-state index contributed by atoms with van der Waals surface area (Å²) in [5, 5.41) is 12.7. The summed E-state index contributed by atoms with van der Waals surface area (Å²) in [5.41, 5.74) is -0.0536. The average molecular weight is 374 g/mol. The summed E-state index contributed by atoms with van der Waals surface area (Å²) in [6.45, 7) is 6.49. The van der Waals surface area contributed by atoms with Crippen LogP contribution < -0.4 is 5.32 Å². The summed E-state index contributed by atoms with van der Waals surface area (Å²) >= 11 is 1.74. The molecule has 1 atom stereocenters. The molecule has 7 heteroatoms. The minimum absolute atomic E-state index is 0.0253. The minimum Gasteiger partial charge on any atom is -0.337 e. The van der Waals surface area contributed by atoms with Crippen LogP contribution in [0, 0.1) is 0 Å². The molecule has 2 aromatic rings. The lowest BCUT2D eigenvalue weighted by molar-refractivity contribution is 0.176. The van der Waals surface area contributed by atoms with Gasteiger partial charge in [-0.1, -0.05) is 19.9 Å². The molecule has 1 saturated carbocycles. The SMILES string of the molecule is CC(C)(CNC(=O)N1CCCC(c2n[nH]c(C3CC3)n2)C1)c1cccs1. The van der Waals surface area contributed by atoms with Crippen LogP contribution in [-0.4, -0.2) is 45.7 Å². The standard InChI is InChI=1S/C19H27N5OS/c1-19(2,15-6-4-10-26-15)12-20-18(25)24-9-3-5-14(11-24)17-21-16(22-23-17)13-7-8-13/h4,6,10,13-14H,3,5,7-9,11-12H2,1-2H3,(H,20,25)(H,21,22,23). The first-order valence-corrected chi connectivity index (χ1v) is 10.4. The van der Waals surface area contributed by atoms with E-state index in [0.717, 1.165) is 31.0 Å². The van der Waals surface area contributed by atoms with E-state index in [0.29, 0.717) is 19.0 Å². The van der Waals surface area contributed by atoms with Gasteiger partial charge in [0.05, 0.1) is 0 Å². The lowest BCUT2D eigenvalue weighted by atomic mass is 9.91. The van der Waals surface area contributed by atoms with Crippen LogP contribution in [-0.2, 0) is 5.41 Å². The zero-order chi connectivity index (χ0) is 18.1. The van der Waals surface area contributed by atoms with Crippen molar-refractivity contribution in [2.24, 2.45) is 0 Å². The number of rotatable bonds is 5. The van der Waals surface area contributed by atoms with Crippen LogP contribution in [0.5, 0.6) is 0 Å². The van der Waals surface area contributed by atoms with E-state index in [1.165, 1.54) is 17.7 Å². The Balaban J connectivity index is 1.34. The fraction of sp³-hybridized carbons (Fsp3) is 0.632. The zero-order valence-electron chi connectivity index (χ0n) is 15.5. The lowest BCUT2D eigenvalue weighted by Gasteiger charge is -2.33. The molecule has 2 aromatic heterocycles. The quantitative estimate of drug-likeness (QED) is 0.841. The number of likely N-dealkylation sites (tertiary alicyclic amines) is 1. The number of nitrogens with zero attached hydrogens (tertiary/aromatic N) is 3. The number of carbonyl (C=O) groups excluding carboxylic acids is 1. The molecule has 140 valence electrons. The third kappa shape index (κ3) is 3.77. The fourth-order valence-corrected chi connectivity index (χ4v) is 4.39. The third-order valence-electron chi connectivity index (χ3n) is 5.43. The molecule has 0 spiro atoms. The predicted molar refractivity (Wildman–Crippen MR) is 103 cm³/mol. The zero-order valence-corrected chi connectivity index (χ0v) is 16.3. The Bertz CT molecular complexity index is 750. The molecule has 0 bridgehead atoms. The van der Waals surface area contributed by atoms with Crippen molar-refractivity contribution >= 4 is 17.4 Å². The van der Waals surface area contributed by atoms with Gasteiger partial charge in [-0.3, -0.25) is 5.10 Å². The Morgan fingerprint density at radius 1 is 1.38 bits per heavy atom. The molecule has 1 saturated heterocycles. The van der Waals surface area contributed by atoms with Gasteiger partial charge in [0.2, 0.25) is 0 Å². The number of carbonyl (C=O) groups is 1. The highest BCUT2D eigenvalue weighted by Crippen LogP contribution is 2.38. The van der Waals surface area contributed by atoms with Gasteiger partial charge in [0, 0.05) is 41.8 Å². The second kappa shape index (κ2) is 7.02. The number of H-pyrrole nitrogens is 1. The molecule has 1 aliphatic heterocycles. The van der Waals surface area contributed by atoms with E-state index >= 15 is 0 Å². The van der Waals surface area contributed by atoms with Crippen LogP contribution in [0.1, 0.15) is 67.9 Å². The van der Waals surface area contributed by atoms with E-state index in [1.54, 1.807) is 11.3 Å². The van der Waals surface area contributed by atoms with Crippen molar-refractivity contribution < 1.29 is 4.79 Å². The largest absolute Gasteiger partial charge is 0.337 e. The van der Waals surface area contributed by atoms with Crippen molar-refractivity contribution in [2.75, 3.05) is 19.6 Å². The van der Waals surface area contributed by atoms with Crippen LogP contribution in [0.25, 0.3) is 0 Å². The Hall–Kier alpha value is -1.89. The summed E-state index contributed by atoms with van der Waals surface area (Å²) in [6, 6.07) is 4.22. The first-order chi connectivity index (χ1) is 12.5. The van der Waals surface area contributed by atoms with Crippen LogP contribution in [0.3, 0.4) is 0 Å². The molecule has 2 aliphatic rings. The number of hydrogen-bond acceptors (Lipinski definition) is 4. The van der Waals surface area contributed by atoms with Crippen molar-refractivity contribution in [3.8, 4) is 0 Å². The first-order valence-electron chi connectivity index (χ1n) is 9.52. The number of amides is 2. The maximum atomic E-state index is 12.7. The number of hydrogen-bond donors (Lipinski definition) is 2. The summed E-state index contributed by atoms with van der Waals surface area (Å²) in [5.74, 6) is 2.73. The van der Waals surface area contributed by atoms with Gasteiger partial charge in [0.15, 0.2) is 5.82 Å². The molecule has 2 N–H and O–H groups in total. The first kappa shape index (κ1) is 17.5. The van der Waals surface area contributed by atoms with E-state index in [9.17, 15) is 4.79 Å². The van der Waals surface area contributed by atoms with E-state index in [4.69, 9.17) is 0 Å². The van der Waals surface area contributed by atoms with Crippen LogP contribution in [0.2, 0.25) is 0 Å². The van der Waals surface area contributed by atoms with Gasteiger partial charge in [0.25, 0.3) is 0 Å². The number of aromatic amines is 1. The molecule has 1 aliphatic carbocycles. The number of thiophene rings is 1. The number of aromatic nitrogens is 3. The molecular formula is C19H27N5OS. The highest BCUT2D eigenvalue weighted by Gasteiger charge is 2.31. The maximum Gasteiger partial charge on any atom is 0.317 e. The normalized spacial score (nSPS) is 21.0. The van der Waals surface area contributed by atoms with Gasteiger partial charge in [-0.25, -0.2) is 9.78 Å². The molecule has 0 radical (unpaired) electrons. The van der Waals surface area contributed by atoms with Gasteiger partial charge in [-0.15, -0.1) is 11.3 Å². The molecule has 0 aromatic carbocycles. The van der Waals surface area contributed by atoms with Gasteiger partial charge in [-0.05, 0) is 37.1 Å². The Kier molecular flexibility index (Phi) is 4.73. The average Bonchev–Trinajstić information content (AvgIpc) is 3.15. The Labute approximate surface area is 158 Å². The molecule has 2 amide bonds. The fourth-order valence-electron chi connectivity index (χ4n) is 3.54. The van der Waals surface area contributed by atoms with Gasteiger partial charge in [0.1, 0.15) is 5.82 Å². The second-order valence-corrected chi connectivity index (χ2v) is 9.11. The Morgan fingerprint density at radius 3 is 2.96 bits per heavy atom.